The van der Waals surface area contributed by atoms with Crippen molar-refractivity contribution in [2.45, 2.75) is 26.2 Å². The van der Waals surface area contributed by atoms with E-state index in [0.717, 1.165) is 17.7 Å². The van der Waals surface area contributed by atoms with Gasteiger partial charge in [0.25, 0.3) is 0 Å². The van der Waals surface area contributed by atoms with Crippen LogP contribution in [0, 0.1) is 42.8 Å². The fourth-order valence-electron chi connectivity index (χ4n) is 3.27. The van der Waals surface area contributed by atoms with Crippen LogP contribution in [0.15, 0.2) is 42.5 Å². The average molecular weight is 631 g/mol. The van der Waals surface area contributed by atoms with Crippen LogP contribution in [-0.4, -0.2) is 19.9 Å². The van der Waals surface area contributed by atoms with Crippen LogP contribution in [-0.2, 0) is 26.5 Å². The molecule has 4 nitrogen and oxygen atoms in total. The number of rotatable bonds is 4. The van der Waals surface area contributed by atoms with Crippen LogP contribution in [0.3, 0.4) is 0 Å². The molecule has 0 aromatic carbocycles. The summed E-state index contributed by atoms with van der Waals surface area (Å²) in [4.78, 5) is 15.5. The van der Waals surface area contributed by atoms with E-state index in [-0.39, 0.29) is 43.6 Å². The van der Waals surface area contributed by atoms with Gasteiger partial charge in [-0.15, -0.1) is 12.1 Å². The van der Waals surface area contributed by atoms with Crippen LogP contribution < -0.4 is 0 Å². The molecule has 0 radical (unpaired) electrons. The van der Waals surface area contributed by atoms with Crippen LogP contribution in [0.25, 0.3) is 22.5 Å². The Kier molecular flexibility index (Phi) is 7.08. The number of hydrogen-bond acceptors (Lipinski definition) is 4. The van der Waals surface area contributed by atoms with Crippen molar-refractivity contribution < 1.29 is 38.6 Å². The Labute approximate surface area is 202 Å². The predicted octanol–water partition coefficient (Wildman–Crippen LogP) is 5.39. The van der Waals surface area contributed by atoms with Crippen molar-refractivity contribution in [2.75, 3.05) is 0 Å². The fourth-order valence-corrected chi connectivity index (χ4v) is 3.27. The van der Waals surface area contributed by atoms with Crippen molar-refractivity contribution >= 4 is 0 Å². The molecule has 170 valence electrons. The molecule has 4 heterocycles. The summed E-state index contributed by atoms with van der Waals surface area (Å²) in [6, 6.07) is 15.4. The SMILES string of the molecule is Cc1cc(-c2[c-]cc(F)nc2F)nc(C(C)(C)c2cccc(-c3[c-]cc(F)nc3F)n2)c1.[Pt+2]. The zero-order valence-electron chi connectivity index (χ0n) is 17.7. The molecule has 9 heteroatoms. The zero-order valence-corrected chi connectivity index (χ0v) is 19.9. The maximum atomic E-state index is 14.2. The Morgan fingerprint density at radius 3 is 1.85 bits per heavy atom. The van der Waals surface area contributed by atoms with Gasteiger partial charge in [-0.05, 0) is 44.3 Å². The molecule has 0 saturated carbocycles. The van der Waals surface area contributed by atoms with E-state index >= 15 is 0 Å². The Hall–Kier alpha value is -2.99. The number of pyridine rings is 4. The van der Waals surface area contributed by atoms with Crippen LogP contribution in [0.5, 0.6) is 0 Å². The maximum Gasteiger partial charge on any atom is 2.00 e. The van der Waals surface area contributed by atoms with Gasteiger partial charge in [0.15, 0.2) is 0 Å². The molecule has 0 amide bonds. The molecule has 0 aliphatic rings. The largest absolute Gasteiger partial charge is 2.00 e. The molecule has 0 bridgehead atoms. The van der Waals surface area contributed by atoms with Crippen LogP contribution in [0.2, 0.25) is 0 Å². The summed E-state index contributed by atoms with van der Waals surface area (Å²) in [5.74, 6) is -3.97. The normalized spacial score (nSPS) is 11.2. The Balaban J connectivity index is 0.00000306. The van der Waals surface area contributed by atoms with Crippen molar-refractivity contribution in [3.8, 4) is 22.5 Å². The van der Waals surface area contributed by atoms with Gasteiger partial charge in [0, 0.05) is 16.8 Å². The summed E-state index contributed by atoms with van der Waals surface area (Å²) in [6.07, 6.45) is 0. The van der Waals surface area contributed by atoms with Gasteiger partial charge in [0.2, 0.25) is 0 Å². The predicted molar refractivity (Wildman–Crippen MR) is 109 cm³/mol. The molecular formula is C24H16F4N4Pt. The number of nitrogens with zero attached hydrogens (tertiary/aromatic N) is 4. The van der Waals surface area contributed by atoms with Crippen molar-refractivity contribution in [3.63, 3.8) is 0 Å². The topological polar surface area (TPSA) is 51.6 Å². The van der Waals surface area contributed by atoms with Crippen LogP contribution >= 0.6 is 0 Å². The van der Waals surface area contributed by atoms with Crippen molar-refractivity contribution in [1.29, 1.82) is 0 Å². The van der Waals surface area contributed by atoms with Gasteiger partial charge in [0.05, 0.1) is 0 Å². The summed E-state index contributed by atoms with van der Waals surface area (Å²) in [6.45, 7) is 5.53. The smallest absolute Gasteiger partial charge is 0.300 e. The number of aromatic nitrogens is 4. The molecule has 0 aliphatic carbocycles. The van der Waals surface area contributed by atoms with Gasteiger partial charge in [0.1, 0.15) is 23.8 Å². The minimum atomic E-state index is -1.02. The second-order valence-corrected chi connectivity index (χ2v) is 7.73. The minimum Gasteiger partial charge on any atom is -0.300 e. The molecular weight excluding hydrogens is 615 g/mol. The van der Waals surface area contributed by atoms with E-state index in [4.69, 9.17) is 0 Å². The van der Waals surface area contributed by atoms with Crippen LogP contribution in [0.4, 0.5) is 17.6 Å². The fraction of sp³-hybridized carbons (Fsp3) is 0.167. The summed E-state index contributed by atoms with van der Waals surface area (Å²) >= 11 is 0. The minimum absolute atomic E-state index is 0. The van der Waals surface area contributed by atoms with E-state index in [1.165, 1.54) is 0 Å². The molecule has 4 rings (SSSR count). The first-order chi connectivity index (χ1) is 15.1. The molecule has 0 spiro atoms. The van der Waals surface area contributed by atoms with Crippen molar-refractivity contribution in [1.82, 2.24) is 19.9 Å². The first-order valence-electron chi connectivity index (χ1n) is 9.60. The monoisotopic (exact) mass is 631 g/mol. The van der Waals surface area contributed by atoms with E-state index in [1.54, 1.807) is 24.3 Å². The third kappa shape index (κ3) is 5.01. The molecule has 4 aromatic heterocycles. The van der Waals surface area contributed by atoms with E-state index < -0.39 is 29.2 Å². The van der Waals surface area contributed by atoms with Crippen molar-refractivity contribution in [2.24, 2.45) is 0 Å². The first kappa shape index (κ1) is 24.6. The molecule has 0 aliphatic heterocycles. The molecule has 0 atom stereocenters. The summed E-state index contributed by atoms with van der Waals surface area (Å²) in [5.41, 5.74) is 1.46. The molecule has 0 saturated heterocycles. The molecule has 0 fully saturated rings. The molecule has 0 N–H and O–H groups in total. The number of hydrogen-bond donors (Lipinski definition) is 0. The van der Waals surface area contributed by atoms with E-state index in [0.29, 0.717) is 11.4 Å². The first-order valence-corrected chi connectivity index (χ1v) is 9.60. The number of halogens is 4. The zero-order chi connectivity index (χ0) is 23.0. The standard InChI is InChI=1S/C24H16F4N4.Pt/c1-13-11-17(15-8-10-21(26)32-23(15)28)30-19(12-13)24(2,3)18-6-4-5-16(29-18)14-7-9-20(25)31-22(14)27;/h4-6,9-12H,1-3H3;/q-2;+2. The third-order valence-electron chi connectivity index (χ3n) is 5.01. The van der Waals surface area contributed by atoms with Gasteiger partial charge >= 0.3 is 21.1 Å². The quantitative estimate of drug-likeness (QED) is 0.172. The Morgan fingerprint density at radius 2 is 1.27 bits per heavy atom. The van der Waals surface area contributed by atoms with Gasteiger partial charge < -0.3 is 9.97 Å². The van der Waals surface area contributed by atoms with Gasteiger partial charge in [-0.1, -0.05) is 47.0 Å². The van der Waals surface area contributed by atoms with Gasteiger partial charge in [-0.25, -0.2) is 17.6 Å². The summed E-state index contributed by atoms with van der Waals surface area (Å²) in [7, 11) is 0. The van der Waals surface area contributed by atoms with Crippen molar-refractivity contribution in [3.05, 3.63) is 95.3 Å². The molecule has 33 heavy (non-hydrogen) atoms. The Bertz CT molecular complexity index is 1330. The molecule has 4 aromatic rings. The second-order valence-electron chi connectivity index (χ2n) is 7.73. The third-order valence-corrected chi connectivity index (χ3v) is 5.01. The molecule has 0 unspecified atom stereocenters. The number of aryl methyl sites for hydroxylation is 1. The van der Waals surface area contributed by atoms with Gasteiger partial charge in [-0.2, -0.15) is 0 Å². The van der Waals surface area contributed by atoms with Crippen LogP contribution in [0.1, 0.15) is 30.8 Å². The van der Waals surface area contributed by atoms with E-state index in [9.17, 15) is 17.6 Å². The Morgan fingerprint density at radius 1 is 0.727 bits per heavy atom. The second kappa shape index (κ2) is 9.47. The van der Waals surface area contributed by atoms with E-state index in [1.807, 2.05) is 26.8 Å². The summed E-state index contributed by atoms with van der Waals surface area (Å²) < 4.78 is 54.7. The maximum absolute atomic E-state index is 14.2. The average Bonchev–Trinajstić information content (AvgIpc) is 2.73. The van der Waals surface area contributed by atoms with E-state index in [2.05, 4.69) is 32.1 Å². The summed E-state index contributed by atoms with van der Waals surface area (Å²) in [5, 5.41) is 0. The van der Waals surface area contributed by atoms with Gasteiger partial charge in [-0.3, -0.25) is 9.97 Å².